The monoisotopic (exact) mass is 401 g/mol. The minimum absolute atomic E-state index is 0.201. The quantitative estimate of drug-likeness (QED) is 0.471. The van der Waals surface area contributed by atoms with Gasteiger partial charge in [-0.25, -0.2) is 4.39 Å². The van der Waals surface area contributed by atoms with Crippen LogP contribution < -0.4 is 10.9 Å². The highest BCUT2D eigenvalue weighted by molar-refractivity contribution is 7.71. The maximum atomic E-state index is 12.9. The van der Waals surface area contributed by atoms with Crippen LogP contribution in [0, 0.1) is 10.6 Å². The summed E-state index contributed by atoms with van der Waals surface area (Å²) in [5, 5.41) is 3.24. The van der Waals surface area contributed by atoms with E-state index < -0.39 is 0 Å². The van der Waals surface area contributed by atoms with Crippen molar-refractivity contribution in [3.05, 3.63) is 74.5 Å². The van der Waals surface area contributed by atoms with Crippen LogP contribution in [-0.4, -0.2) is 29.2 Å². The summed E-state index contributed by atoms with van der Waals surface area (Å²) < 4.78 is 19.8. The molecule has 1 amide bonds. The van der Waals surface area contributed by atoms with Gasteiger partial charge in [-0.3, -0.25) is 14.2 Å². The van der Waals surface area contributed by atoms with Gasteiger partial charge in [0.1, 0.15) is 5.82 Å². The van der Waals surface area contributed by atoms with Crippen molar-refractivity contribution >= 4 is 29.0 Å². The Morgan fingerprint density at radius 2 is 2.00 bits per heavy atom. The molecule has 6 nitrogen and oxygen atoms in total. The third-order valence-electron chi connectivity index (χ3n) is 4.34. The second-order valence-electron chi connectivity index (χ2n) is 6.30. The number of amides is 1. The summed E-state index contributed by atoms with van der Waals surface area (Å²) in [6.45, 7) is 1.26. The number of aromatic amines is 1. The molecule has 0 fully saturated rings. The van der Waals surface area contributed by atoms with Crippen LogP contribution in [0.25, 0.3) is 10.9 Å². The van der Waals surface area contributed by atoms with Crippen LogP contribution in [0.5, 0.6) is 0 Å². The van der Waals surface area contributed by atoms with E-state index in [2.05, 4.69) is 10.3 Å². The number of hydrogen-bond donors (Lipinski definition) is 2. The molecule has 1 heterocycles. The van der Waals surface area contributed by atoms with E-state index in [-0.39, 0.29) is 23.8 Å². The zero-order valence-corrected chi connectivity index (χ0v) is 16.1. The predicted octanol–water partition coefficient (Wildman–Crippen LogP) is 3.16. The summed E-state index contributed by atoms with van der Waals surface area (Å²) in [6.07, 6.45) is 0.670. The fourth-order valence-corrected chi connectivity index (χ4v) is 3.14. The molecule has 0 radical (unpaired) electrons. The first-order valence-electron chi connectivity index (χ1n) is 8.78. The standard InChI is InChI=1S/C20H20FN3O3S/c1-27-10-2-9-24-19(26)16-8-5-14(11-17(16)23-20(24)28)18(25)22-12-13-3-6-15(21)7-4-13/h3-8,11H,2,9-10,12H2,1H3,(H,22,25)(H,23,28). The maximum Gasteiger partial charge on any atom is 0.262 e. The molecule has 0 atom stereocenters. The number of ether oxygens (including phenoxy) is 1. The van der Waals surface area contributed by atoms with Crippen molar-refractivity contribution in [2.75, 3.05) is 13.7 Å². The lowest BCUT2D eigenvalue weighted by Crippen LogP contribution is -2.24. The molecule has 0 aliphatic carbocycles. The molecule has 0 bridgehead atoms. The van der Waals surface area contributed by atoms with Crippen molar-refractivity contribution < 1.29 is 13.9 Å². The number of aromatic nitrogens is 2. The first-order valence-corrected chi connectivity index (χ1v) is 9.19. The average Bonchev–Trinajstić information content (AvgIpc) is 2.69. The molecule has 0 saturated carbocycles. The molecular formula is C20H20FN3O3S. The Bertz CT molecular complexity index is 1110. The first kappa shape index (κ1) is 19.9. The summed E-state index contributed by atoms with van der Waals surface area (Å²) >= 11 is 5.29. The van der Waals surface area contributed by atoms with Crippen LogP contribution in [0.1, 0.15) is 22.3 Å². The molecule has 0 saturated heterocycles. The van der Waals surface area contributed by atoms with E-state index in [1.807, 2.05) is 0 Å². The van der Waals surface area contributed by atoms with Gasteiger partial charge in [-0.05, 0) is 54.5 Å². The van der Waals surface area contributed by atoms with Crippen LogP contribution in [0.4, 0.5) is 4.39 Å². The smallest absolute Gasteiger partial charge is 0.262 e. The Balaban J connectivity index is 1.80. The summed E-state index contributed by atoms with van der Waals surface area (Å²) in [5.74, 6) is -0.623. The van der Waals surface area contributed by atoms with Gasteiger partial charge in [-0.15, -0.1) is 0 Å². The Morgan fingerprint density at radius 1 is 1.25 bits per heavy atom. The van der Waals surface area contributed by atoms with Crippen molar-refractivity contribution in [3.8, 4) is 0 Å². The van der Waals surface area contributed by atoms with Crippen molar-refractivity contribution in [2.24, 2.45) is 0 Å². The summed E-state index contributed by atoms with van der Waals surface area (Å²) in [7, 11) is 1.60. The molecule has 3 rings (SSSR count). The average molecular weight is 401 g/mol. The van der Waals surface area contributed by atoms with Crippen LogP contribution in [0.2, 0.25) is 0 Å². The van der Waals surface area contributed by atoms with Crippen molar-refractivity contribution in [3.63, 3.8) is 0 Å². The van der Waals surface area contributed by atoms with Gasteiger partial charge in [-0.2, -0.15) is 0 Å². The summed E-state index contributed by atoms with van der Waals surface area (Å²) in [5.41, 5.74) is 1.49. The van der Waals surface area contributed by atoms with Crippen molar-refractivity contribution in [1.29, 1.82) is 0 Å². The Labute approximate surface area is 166 Å². The molecule has 2 N–H and O–H groups in total. The molecule has 8 heteroatoms. The topological polar surface area (TPSA) is 76.1 Å². The molecule has 0 spiro atoms. The number of carbonyl (C=O) groups excluding carboxylic acids is 1. The number of rotatable bonds is 7. The Hall–Kier alpha value is -2.84. The number of nitrogens with one attached hydrogen (secondary N) is 2. The van der Waals surface area contributed by atoms with E-state index in [0.29, 0.717) is 40.8 Å². The van der Waals surface area contributed by atoms with E-state index >= 15 is 0 Å². The normalized spacial score (nSPS) is 10.9. The van der Waals surface area contributed by atoms with Crippen LogP contribution in [0.15, 0.2) is 47.3 Å². The molecule has 0 aliphatic rings. The van der Waals surface area contributed by atoms with E-state index in [9.17, 15) is 14.0 Å². The number of methoxy groups -OCH3 is 1. The van der Waals surface area contributed by atoms with E-state index in [1.165, 1.54) is 16.7 Å². The molecule has 1 aromatic heterocycles. The van der Waals surface area contributed by atoms with Gasteiger partial charge < -0.3 is 15.0 Å². The Kier molecular flexibility index (Phi) is 6.33. The molecule has 3 aromatic rings. The van der Waals surface area contributed by atoms with E-state index in [0.717, 1.165) is 5.56 Å². The third kappa shape index (κ3) is 4.52. The van der Waals surface area contributed by atoms with Gasteiger partial charge >= 0.3 is 0 Å². The van der Waals surface area contributed by atoms with Gasteiger partial charge in [0.05, 0.1) is 10.9 Å². The zero-order valence-electron chi connectivity index (χ0n) is 15.3. The number of fused-ring (bicyclic) bond motifs is 1. The lowest BCUT2D eigenvalue weighted by molar-refractivity contribution is 0.0951. The molecule has 0 aliphatic heterocycles. The number of H-pyrrole nitrogens is 1. The van der Waals surface area contributed by atoms with Gasteiger partial charge in [0, 0.05) is 32.4 Å². The lowest BCUT2D eigenvalue weighted by atomic mass is 10.1. The fourth-order valence-electron chi connectivity index (χ4n) is 2.85. The van der Waals surface area contributed by atoms with E-state index in [4.69, 9.17) is 17.0 Å². The molecular weight excluding hydrogens is 381 g/mol. The molecule has 28 heavy (non-hydrogen) atoms. The SMILES string of the molecule is COCCCn1c(=S)[nH]c2cc(C(=O)NCc3ccc(F)cc3)ccc2c1=O. The van der Waals surface area contributed by atoms with Crippen LogP contribution in [-0.2, 0) is 17.8 Å². The summed E-state index contributed by atoms with van der Waals surface area (Å²) in [4.78, 5) is 28.1. The minimum Gasteiger partial charge on any atom is -0.385 e. The second kappa shape index (κ2) is 8.90. The van der Waals surface area contributed by atoms with Gasteiger partial charge in [0.25, 0.3) is 11.5 Å². The number of hydrogen-bond acceptors (Lipinski definition) is 4. The molecule has 0 unspecified atom stereocenters. The van der Waals surface area contributed by atoms with Crippen molar-refractivity contribution in [1.82, 2.24) is 14.9 Å². The fraction of sp³-hybridized carbons (Fsp3) is 0.250. The zero-order chi connectivity index (χ0) is 20.1. The largest absolute Gasteiger partial charge is 0.385 e. The van der Waals surface area contributed by atoms with Gasteiger partial charge in [0.15, 0.2) is 4.77 Å². The van der Waals surface area contributed by atoms with E-state index in [1.54, 1.807) is 37.4 Å². The second-order valence-corrected chi connectivity index (χ2v) is 6.69. The highest BCUT2D eigenvalue weighted by atomic mass is 32.1. The van der Waals surface area contributed by atoms with Crippen LogP contribution >= 0.6 is 12.2 Å². The van der Waals surface area contributed by atoms with Crippen LogP contribution in [0.3, 0.4) is 0 Å². The lowest BCUT2D eigenvalue weighted by Gasteiger charge is -2.09. The highest BCUT2D eigenvalue weighted by Crippen LogP contribution is 2.12. The maximum absolute atomic E-state index is 12.9. The predicted molar refractivity (Wildman–Crippen MR) is 107 cm³/mol. The highest BCUT2D eigenvalue weighted by Gasteiger charge is 2.10. The van der Waals surface area contributed by atoms with Crippen molar-refractivity contribution in [2.45, 2.75) is 19.5 Å². The third-order valence-corrected chi connectivity index (χ3v) is 4.66. The number of halogens is 1. The Morgan fingerprint density at radius 3 is 2.71 bits per heavy atom. The number of carbonyl (C=O) groups is 1. The molecule has 146 valence electrons. The number of nitrogens with zero attached hydrogens (tertiary/aromatic N) is 1. The minimum atomic E-state index is -0.326. The van der Waals surface area contributed by atoms with Gasteiger partial charge in [-0.1, -0.05) is 12.1 Å². The first-order chi connectivity index (χ1) is 13.5. The summed E-state index contributed by atoms with van der Waals surface area (Å²) in [6, 6.07) is 10.7. The molecule has 2 aromatic carbocycles. The van der Waals surface area contributed by atoms with Gasteiger partial charge in [0.2, 0.25) is 0 Å². The number of benzene rings is 2.